The summed E-state index contributed by atoms with van der Waals surface area (Å²) in [5, 5.41) is -0.242. The Balaban J connectivity index is 2.26. The maximum absolute atomic E-state index is 12.2. The second-order valence-electron chi connectivity index (χ2n) is 4.53. The van der Waals surface area contributed by atoms with Crippen molar-refractivity contribution in [1.29, 1.82) is 0 Å². The minimum Gasteiger partial charge on any atom is -0.421 e. The van der Waals surface area contributed by atoms with Crippen LogP contribution in [0.1, 0.15) is 0 Å². The maximum atomic E-state index is 12.2. The lowest BCUT2D eigenvalue weighted by molar-refractivity contribution is 0.393. The van der Waals surface area contributed by atoms with Gasteiger partial charge in [-0.15, -0.1) is 0 Å². The molecule has 0 aromatic heterocycles. The zero-order valence-electron chi connectivity index (χ0n) is 11.7. The summed E-state index contributed by atoms with van der Waals surface area (Å²) in [6.07, 6.45) is 0. The lowest BCUT2D eigenvalue weighted by Crippen LogP contribution is -2.10. The first kappa shape index (κ1) is 18.6. The topological polar surface area (TPSA) is 155 Å². The van der Waals surface area contributed by atoms with Crippen LogP contribution in [0.25, 0.3) is 0 Å². The minimum atomic E-state index is -4.44. The Bertz CT molecular complexity index is 993. The Morgan fingerprint density at radius 2 is 1.12 bits per heavy atom. The van der Waals surface area contributed by atoms with E-state index < -0.39 is 37.6 Å². The standard InChI is InChI=1S/C12H11O9PS2/c13-22(14,10-3-7-12(8-4-10)24(18,19)20)21-9-1-5-11(6-2-9)23(15,16)17/h1-8H,(H,13,14)(H,15,16,17)(H,18,19,20). The molecule has 0 radical (unpaired) electrons. The van der Waals surface area contributed by atoms with Crippen LogP contribution in [0, 0.1) is 0 Å². The van der Waals surface area contributed by atoms with Crippen LogP contribution in [-0.4, -0.2) is 30.8 Å². The molecule has 3 N–H and O–H groups in total. The van der Waals surface area contributed by atoms with Crippen LogP contribution >= 0.6 is 7.60 Å². The Morgan fingerprint density at radius 3 is 1.50 bits per heavy atom. The van der Waals surface area contributed by atoms with Gasteiger partial charge in [0, 0.05) is 0 Å². The summed E-state index contributed by atoms with van der Waals surface area (Å²) >= 11 is 0. The van der Waals surface area contributed by atoms with Crippen LogP contribution in [0.2, 0.25) is 0 Å². The van der Waals surface area contributed by atoms with Crippen molar-refractivity contribution in [2.45, 2.75) is 9.79 Å². The molecule has 0 spiro atoms. The van der Waals surface area contributed by atoms with E-state index in [1.165, 1.54) is 0 Å². The first-order valence-electron chi connectivity index (χ1n) is 6.08. The molecule has 0 heterocycles. The summed E-state index contributed by atoms with van der Waals surface area (Å²) in [5.74, 6) is -0.146. The molecule has 2 aromatic carbocycles. The Morgan fingerprint density at radius 1 is 0.750 bits per heavy atom. The predicted molar refractivity (Wildman–Crippen MR) is 82.6 cm³/mol. The summed E-state index contributed by atoms with van der Waals surface area (Å²) in [6.45, 7) is 0. The second-order valence-corrected chi connectivity index (χ2v) is 9.11. The minimum absolute atomic E-state index is 0.146. The van der Waals surface area contributed by atoms with Gasteiger partial charge >= 0.3 is 7.60 Å². The van der Waals surface area contributed by atoms with Crippen molar-refractivity contribution in [2.24, 2.45) is 0 Å². The van der Waals surface area contributed by atoms with Crippen LogP contribution in [0.5, 0.6) is 5.75 Å². The van der Waals surface area contributed by atoms with Gasteiger partial charge in [0.2, 0.25) is 0 Å². The van der Waals surface area contributed by atoms with Crippen molar-refractivity contribution in [3.63, 3.8) is 0 Å². The SMILES string of the molecule is O=P(O)(Oc1ccc(S(=O)(=O)O)cc1)c1ccc(S(=O)(=O)O)cc1. The Labute approximate surface area is 137 Å². The van der Waals surface area contributed by atoms with Gasteiger partial charge in [0.05, 0.1) is 15.1 Å². The Kier molecular flexibility index (Phi) is 4.86. The van der Waals surface area contributed by atoms with Crippen LogP contribution in [-0.2, 0) is 24.8 Å². The van der Waals surface area contributed by atoms with Gasteiger partial charge in [0.15, 0.2) is 0 Å². The van der Waals surface area contributed by atoms with Gasteiger partial charge in [-0.1, -0.05) is 0 Å². The van der Waals surface area contributed by atoms with E-state index in [1.54, 1.807) is 0 Å². The van der Waals surface area contributed by atoms with E-state index in [0.29, 0.717) is 0 Å². The zero-order chi connectivity index (χ0) is 18.2. The van der Waals surface area contributed by atoms with Crippen molar-refractivity contribution in [3.8, 4) is 5.75 Å². The van der Waals surface area contributed by atoms with Gasteiger partial charge in [-0.25, -0.2) is 4.57 Å². The lowest BCUT2D eigenvalue weighted by atomic mass is 10.3. The summed E-state index contributed by atoms with van der Waals surface area (Å²) < 4.78 is 78.4. The highest BCUT2D eigenvalue weighted by Gasteiger charge is 2.25. The molecular weight excluding hydrogens is 383 g/mol. The number of benzene rings is 2. The largest absolute Gasteiger partial charge is 0.421 e. The summed E-state index contributed by atoms with van der Waals surface area (Å²) in [7, 11) is -13.2. The molecule has 0 fully saturated rings. The zero-order valence-corrected chi connectivity index (χ0v) is 14.2. The molecule has 12 heteroatoms. The van der Waals surface area contributed by atoms with Gasteiger partial charge < -0.3 is 9.42 Å². The third-order valence-corrected chi connectivity index (χ3v) is 5.96. The molecule has 130 valence electrons. The molecule has 1 atom stereocenters. The number of hydrogen-bond acceptors (Lipinski definition) is 6. The van der Waals surface area contributed by atoms with Gasteiger partial charge in [-0.2, -0.15) is 16.8 Å². The van der Waals surface area contributed by atoms with E-state index in [4.69, 9.17) is 13.6 Å². The molecule has 0 amide bonds. The molecule has 0 aliphatic carbocycles. The van der Waals surface area contributed by atoms with E-state index in [-0.39, 0.29) is 11.1 Å². The van der Waals surface area contributed by atoms with Gasteiger partial charge in [-0.3, -0.25) is 9.11 Å². The van der Waals surface area contributed by atoms with E-state index in [1.807, 2.05) is 0 Å². The van der Waals surface area contributed by atoms with E-state index >= 15 is 0 Å². The van der Waals surface area contributed by atoms with Gasteiger partial charge in [0.25, 0.3) is 20.2 Å². The Hall–Kier alpha value is -1.75. The third kappa shape index (κ3) is 4.41. The average Bonchev–Trinajstić information content (AvgIpc) is 2.46. The summed E-state index contributed by atoms with van der Waals surface area (Å²) in [5.41, 5.74) is 0. The average molecular weight is 394 g/mol. The molecule has 2 rings (SSSR count). The lowest BCUT2D eigenvalue weighted by Gasteiger charge is -2.14. The smallest absolute Gasteiger partial charge is 0.408 e. The molecule has 1 unspecified atom stereocenters. The quantitative estimate of drug-likeness (QED) is 0.499. The fraction of sp³-hybridized carbons (Fsp3) is 0. The van der Waals surface area contributed by atoms with E-state index in [0.717, 1.165) is 48.5 Å². The molecule has 0 bridgehead atoms. The van der Waals surface area contributed by atoms with Crippen molar-refractivity contribution in [3.05, 3.63) is 48.5 Å². The monoisotopic (exact) mass is 394 g/mol. The summed E-state index contributed by atoms with van der Waals surface area (Å²) in [4.78, 5) is 9.04. The molecule has 0 aliphatic rings. The van der Waals surface area contributed by atoms with Crippen molar-refractivity contribution < 1.29 is 39.9 Å². The fourth-order valence-electron chi connectivity index (χ4n) is 1.67. The highest BCUT2D eigenvalue weighted by atomic mass is 32.2. The van der Waals surface area contributed by atoms with E-state index in [2.05, 4.69) is 0 Å². The van der Waals surface area contributed by atoms with Gasteiger partial charge in [0.1, 0.15) is 5.75 Å². The number of hydrogen-bond donors (Lipinski definition) is 3. The van der Waals surface area contributed by atoms with Crippen LogP contribution in [0.15, 0.2) is 58.3 Å². The highest BCUT2D eigenvalue weighted by Crippen LogP contribution is 2.41. The first-order valence-corrected chi connectivity index (χ1v) is 10.5. The summed E-state index contributed by atoms with van der Waals surface area (Å²) in [6, 6.07) is 7.94. The third-order valence-electron chi connectivity index (χ3n) is 2.81. The van der Waals surface area contributed by atoms with E-state index in [9.17, 15) is 26.3 Å². The van der Waals surface area contributed by atoms with Crippen LogP contribution in [0.3, 0.4) is 0 Å². The van der Waals surface area contributed by atoms with Crippen molar-refractivity contribution >= 4 is 33.1 Å². The first-order chi connectivity index (χ1) is 10.9. The molecular formula is C12H11O9PS2. The van der Waals surface area contributed by atoms with Crippen molar-refractivity contribution in [1.82, 2.24) is 0 Å². The molecule has 9 nitrogen and oxygen atoms in total. The predicted octanol–water partition coefficient (Wildman–Crippen LogP) is 1.07. The van der Waals surface area contributed by atoms with Crippen molar-refractivity contribution in [2.75, 3.05) is 0 Å². The normalized spacial score (nSPS) is 14.8. The molecule has 0 aliphatic heterocycles. The van der Waals surface area contributed by atoms with Crippen LogP contribution < -0.4 is 9.83 Å². The fourth-order valence-corrected chi connectivity index (χ4v) is 3.67. The molecule has 24 heavy (non-hydrogen) atoms. The second kappa shape index (κ2) is 6.28. The number of rotatable bonds is 5. The maximum Gasteiger partial charge on any atom is 0.408 e. The van der Waals surface area contributed by atoms with Crippen LogP contribution in [0.4, 0.5) is 0 Å². The molecule has 0 saturated carbocycles. The molecule has 2 aromatic rings. The molecule has 0 saturated heterocycles. The highest BCUT2D eigenvalue weighted by molar-refractivity contribution is 7.86. The van der Waals surface area contributed by atoms with Gasteiger partial charge in [-0.05, 0) is 48.5 Å².